The van der Waals surface area contributed by atoms with Gasteiger partial charge in [-0.25, -0.2) is 0 Å². The van der Waals surface area contributed by atoms with Gasteiger partial charge in [-0.3, -0.25) is 4.79 Å². The van der Waals surface area contributed by atoms with E-state index in [1.807, 2.05) is 59.6 Å². The highest BCUT2D eigenvalue weighted by atomic mass is 16.5. The van der Waals surface area contributed by atoms with E-state index in [1.54, 1.807) is 7.11 Å². The quantitative estimate of drug-likeness (QED) is 0.730. The molecule has 2 unspecified atom stereocenters. The van der Waals surface area contributed by atoms with E-state index in [9.17, 15) is 9.90 Å². The van der Waals surface area contributed by atoms with Crippen LogP contribution in [0.1, 0.15) is 41.6 Å². The van der Waals surface area contributed by atoms with Gasteiger partial charge in [0.05, 0.1) is 18.3 Å². The number of carbonyl (C=O) groups is 1. The Bertz CT molecular complexity index is 1010. The van der Waals surface area contributed by atoms with Crippen molar-refractivity contribution in [3.8, 4) is 5.75 Å². The molecule has 0 spiro atoms. The molecule has 2 fully saturated rings. The van der Waals surface area contributed by atoms with Crippen molar-refractivity contribution in [2.45, 2.75) is 43.4 Å². The smallest absolute Gasteiger partial charge is 0.258 e. The van der Waals surface area contributed by atoms with Crippen LogP contribution in [0, 0.1) is 0 Å². The van der Waals surface area contributed by atoms with Gasteiger partial charge in [0.15, 0.2) is 0 Å². The average molecular weight is 376 g/mol. The number of benzene rings is 2. The summed E-state index contributed by atoms with van der Waals surface area (Å²) in [5.74, 6) is 0.602. The van der Waals surface area contributed by atoms with Crippen LogP contribution in [0.4, 0.5) is 0 Å². The van der Waals surface area contributed by atoms with Gasteiger partial charge in [0.25, 0.3) is 5.91 Å². The molecule has 0 radical (unpaired) electrons. The largest absolute Gasteiger partial charge is 0.496 e. The molecule has 28 heavy (non-hydrogen) atoms. The SMILES string of the molecule is COc1ccc2[nH]ccc2c1C(=O)N1C2CCC1CC(O)(c1ccccc1)C2. The summed E-state index contributed by atoms with van der Waals surface area (Å²) in [4.78, 5) is 18.8. The van der Waals surface area contributed by atoms with E-state index in [0.717, 1.165) is 29.3 Å². The summed E-state index contributed by atoms with van der Waals surface area (Å²) in [6, 6.07) is 15.6. The molecule has 1 aromatic heterocycles. The molecule has 5 nitrogen and oxygen atoms in total. The third-order valence-corrected chi connectivity index (χ3v) is 6.44. The van der Waals surface area contributed by atoms with Crippen LogP contribution in [0.25, 0.3) is 10.9 Å². The lowest BCUT2D eigenvalue weighted by Gasteiger charge is -2.44. The zero-order chi connectivity index (χ0) is 19.3. The molecule has 2 atom stereocenters. The number of aromatic nitrogens is 1. The summed E-state index contributed by atoms with van der Waals surface area (Å²) in [7, 11) is 1.60. The molecule has 2 aromatic carbocycles. The second kappa shape index (κ2) is 6.38. The van der Waals surface area contributed by atoms with E-state index in [2.05, 4.69) is 4.98 Å². The Morgan fingerprint density at radius 2 is 1.82 bits per heavy atom. The maximum Gasteiger partial charge on any atom is 0.258 e. The fourth-order valence-corrected chi connectivity index (χ4v) is 5.17. The Balaban J connectivity index is 1.51. The summed E-state index contributed by atoms with van der Waals surface area (Å²) < 4.78 is 5.53. The van der Waals surface area contributed by atoms with Crippen molar-refractivity contribution in [1.29, 1.82) is 0 Å². The van der Waals surface area contributed by atoms with Crippen LogP contribution in [0.5, 0.6) is 5.75 Å². The summed E-state index contributed by atoms with van der Waals surface area (Å²) >= 11 is 0. The normalized spacial score (nSPS) is 26.6. The third kappa shape index (κ3) is 2.53. The molecule has 2 saturated heterocycles. The van der Waals surface area contributed by atoms with Gasteiger partial charge in [-0.05, 0) is 36.6 Å². The van der Waals surface area contributed by atoms with Crippen molar-refractivity contribution < 1.29 is 14.6 Å². The maximum absolute atomic E-state index is 13.7. The fourth-order valence-electron chi connectivity index (χ4n) is 5.17. The lowest BCUT2D eigenvalue weighted by Crippen LogP contribution is -2.52. The molecule has 2 N–H and O–H groups in total. The molecule has 2 bridgehead atoms. The Hall–Kier alpha value is -2.79. The molecular formula is C23H24N2O3. The zero-order valence-corrected chi connectivity index (χ0v) is 15.9. The van der Waals surface area contributed by atoms with Crippen molar-refractivity contribution in [1.82, 2.24) is 9.88 Å². The van der Waals surface area contributed by atoms with Crippen LogP contribution in [-0.2, 0) is 5.60 Å². The number of methoxy groups -OCH3 is 1. The number of nitrogens with zero attached hydrogens (tertiary/aromatic N) is 1. The van der Waals surface area contributed by atoms with E-state index >= 15 is 0 Å². The van der Waals surface area contributed by atoms with E-state index in [0.29, 0.717) is 24.2 Å². The van der Waals surface area contributed by atoms with E-state index in [-0.39, 0.29) is 18.0 Å². The minimum absolute atomic E-state index is 0.00432. The van der Waals surface area contributed by atoms with Crippen molar-refractivity contribution in [3.05, 3.63) is 65.9 Å². The van der Waals surface area contributed by atoms with Crippen molar-refractivity contribution in [2.24, 2.45) is 0 Å². The monoisotopic (exact) mass is 376 g/mol. The molecule has 5 rings (SSSR count). The molecule has 3 aromatic rings. The van der Waals surface area contributed by atoms with Crippen LogP contribution in [0.15, 0.2) is 54.7 Å². The molecule has 2 aliphatic rings. The molecule has 1 amide bonds. The zero-order valence-electron chi connectivity index (χ0n) is 15.9. The van der Waals surface area contributed by atoms with Crippen molar-refractivity contribution in [3.63, 3.8) is 0 Å². The van der Waals surface area contributed by atoms with Gasteiger partial charge in [-0.2, -0.15) is 0 Å². The lowest BCUT2D eigenvalue weighted by atomic mass is 9.80. The minimum atomic E-state index is -0.867. The predicted molar refractivity (Wildman–Crippen MR) is 107 cm³/mol. The van der Waals surface area contributed by atoms with Crippen LogP contribution in [0.2, 0.25) is 0 Å². The van der Waals surface area contributed by atoms with Gasteiger partial charge in [-0.1, -0.05) is 30.3 Å². The Labute approximate surface area is 163 Å². The first-order valence-electron chi connectivity index (χ1n) is 9.85. The second-order valence-corrected chi connectivity index (χ2v) is 7.99. The number of hydrogen-bond donors (Lipinski definition) is 2. The number of rotatable bonds is 3. The number of amides is 1. The summed E-state index contributed by atoms with van der Waals surface area (Å²) in [5.41, 5.74) is 1.62. The summed E-state index contributed by atoms with van der Waals surface area (Å²) in [6.45, 7) is 0. The van der Waals surface area contributed by atoms with Crippen LogP contribution < -0.4 is 4.74 Å². The second-order valence-electron chi connectivity index (χ2n) is 7.99. The van der Waals surface area contributed by atoms with Crippen molar-refractivity contribution in [2.75, 3.05) is 7.11 Å². The lowest BCUT2D eigenvalue weighted by molar-refractivity contribution is -0.0479. The first-order chi connectivity index (χ1) is 13.6. The van der Waals surface area contributed by atoms with Gasteiger partial charge in [0.1, 0.15) is 5.75 Å². The van der Waals surface area contributed by atoms with E-state index in [1.165, 1.54) is 0 Å². The Morgan fingerprint density at radius 1 is 1.11 bits per heavy atom. The number of ether oxygens (including phenoxy) is 1. The van der Waals surface area contributed by atoms with Gasteiger partial charge >= 0.3 is 0 Å². The average Bonchev–Trinajstić information content (AvgIpc) is 3.30. The van der Waals surface area contributed by atoms with Crippen LogP contribution >= 0.6 is 0 Å². The number of hydrogen-bond acceptors (Lipinski definition) is 3. The number of H-pyrrole nitrogens is 1. The Morgan fingerprint density at radius 3 is 2.50 bits per heavy atom. The molecular weight excluding hydrogens is 352 g/mol. The molecule has 0 aliphatic carbocycles. The highest BCUT2D eigenvalue weighted by molar-refractivity contribution is 6.09. The predicted octanol–water partition coefficient (Wildman–Crippen LogP) is 3.83. The number of fused-ring (bicyclic) bond motifs is 3. The maximum atomic E-state index is 13.7. The molecule has 144 valence electrons. The number of carbonyl (C=O) groups excluding carboxylic acids is 1. The highest BCUT2D eigenvalue weighted by Gasteiger charge is 2.50. The first kappa shape index (κ1) is 17.3. The molecule has 5 heteroatoms. The first-order valence-corrected chi connectivity index (χ1v) is 9.85. The molecule has 3 heterocycles. The van der Waals surface area contributed by atoms with Crippen molar-refractivity contribution >= 4 is 16.8 Å². The minimum Gasteiger partial charge on any atom is -0.496 e. The standard InChI is InChI=1S/C23H24N2O3/c1-28-20-10-9-19-18(11-12-24-19)21(20)22(26)25-16-7-8-17(25)14-23(27,13-16)15-5-3-2-4-6-15/h2-6,9-12,16-17,24,27H,7-8,13-14H2,1H3. The highest BCUT2D eigenvalue weighted by Crippen LogP contribution is 2.47. The van der Waals surface area contributed by atoms with Gasteiger partial charge in [0, 0.05) is 42.0 Å². The third-order valence-electron chi connectivity index (χ3n) is 6.44. The molecule has 2 aliphatic heterocycles. The number of aliphatic hydroxyl groups is 1. The van der Waals surface area contributed by atoms with Gasteiger partial charge in [-0.15, -0.1) is 0 Å². The molecule has 0 saturated carbocycles. The van der Waals surface area contributed by atoms with Gasteiger partial charge < -0.3 is 19.7 Å². The topological polar surface area (TPSA) is 65.6 Å². The van der Waals surface area contributed by atoms with Crippen LogP contribution in [-0.4, -0.2) is 40.1 Å². The van der Waals surface area contributed by atoms with Crippen LogP contribution in [0.3, 0.4) is 0 Å². The number of aromatic amines is 1. The number of nitrogens with one attached hydrogen (secondary N) is 1. The fraction of sp³-hybridized carbons (Fsp3) is 0.348. The van der Waals surface area contributed by atoms with E-state index < -0.39 is 5.60 Å². The summed E-state index contributed by atoms with van der Waals surface area (Å²) in [6.07, 6.45) is 4.85. The Kier molecular flexibility index (Phi) is 3.95. The summed E-state index contributed by atoms with van der Waals surface area (Å²) in [5, 5.41) is 12.2. The van der Waals surface area contributed by atoms with Gasteiger partial charge in [0.2, 0.25) is 0 Å². The number of piperidine rings is 1. The van der Waals surface area contributed by atoms with E-state index in [4.69, 9.17) is 4.74 Å².